The fraction of sp³-hybridized carbons (Fsp3) is 0.500. The second-order valence-electron chi connectivity index (χ2n) is 9.58. The van der Waals surface area contributed by atoms with E-state index in [2.05, 4.69) is 61.0 Å². The molecule has 0 radical (unpaired) electrons. The molecule has 2 heterocycles. The summed E-state index contributed by atoms with van der Waals surface area (Å²) >= 11 is 1.75. The first-order valence-electron chi connectivity index (χ1n) is 11.2. The van der Waals surface area contributed by atoms with E-state index in [0.717, 1.165) is 48.1 Å². The van der Waals surface area contributed by atoms with E-state index in [1.807, 2.05) is 6.07 Å². The van der Waals surface area contributed by atoms with Crippen molar-refractivity contribution in [3.05, 3.63) is 64.2 Å². The standard InChI is InChI=1S/C26H33N3S/c1-19(14-20-10-6-4-7-11-20)28-25-22(16-27)23-18-29(17-21-12-8-5-9-13-21)26(2,3)15-24(23)30-25/h4,6-7,10-11,21,28H,1,5,8-9,12-15,17-18H2,2-3H3. The lowest BCUT2D eigenvalue weighted by molar-refractivity contribution is 0.0706. The number of nitrogens with one attached hydrogen (secondary N) is 1. The Hall–Kier alpha value is -2.09. The Morgan fingerprint density at radius 3 is 2.67 bits per heavy atom. The maximum Gasteiger partial charge on any atom is 0.111 e. The number of benzene rings is 1. The zero-order valence-electron chi connectivity index (χ0n) is 18.3. The van der Waals surface area contributed by atoms with Crippen molar-refractivity contribution in [2.24, 2.45) is 5.92 Å². The van der Waals surface area contributed by atoms with Crippen LogP contribution in [0, 0.1) is 17.2 Å². The van der Waals surface area contributed by atoms with Gasteiger partial charge in [-0.3, -0.25) is 4.90 Å². The molecule has 0 atom stereocenters. The predicted octanol–water partition coefficient (Wildman–Crippen LogP) is 6.51. The number of anilines is 1. The molecular formula is C26H33N3S. The lowest BCUT2D eigenvalue weighted by Crippen LogP contribution is -2.50. The van der Waals surface area contributed by atoms with Gasteiger partial charge in [-0.25, -0.2) is 0 Å². The average Bonchev–Trinajstić information content (AvgIpc) is 3.04. The van der Waals surface area contributed by atoms with E-state index in [-0.39, 0.29) is 5.54 Å². The minimum atomic E-state index is 0.139. The van der Waals surface area contributed by atoms with Crippen molar-refractivity contribution in [3.63, 3.8) is 0 Å². The molecule has 4 heteroatoms. The minimum Gasteiger partial charge on any atom is -0.350 e. The highest BCUT2D eigenvalue weighted by Crippen LogP contribution is 2.42. The molecule has 1 N–H and O–H groups in total. The Morgan fingerprint density at radius 1 is 1.23 bits per heavy atom. The van der Waals surface area contributed by atoms with Gasteiger partial charge in [0.25, 0.3) is 0 Å². The van der Waals surface area contributed by atoms with E-state index in [1.165, 1.54) is 48.1 Å². The van der Waals surface area contributed by atoms with Gasteiger partial charge < -0.3 is 5.32 Å². The third-order valence-electron chi connectivity index (χ3n) is 6.75. The Bertz CT molecular complexity index is 929. The molecule has 0 amide bonds. The monoisotopic (exact) mass is 419 g/mol. The molecular weight excluding hydrogens is 386 g/mol. The van der Waals surface area contributed by atoms with Crippen LogP contribution in [0.15, 0.2) is 42.6 Å². The molecule has 1 aromatic heterocycles. The van der Waals surface area contributed by atoms with Crippen molar-refractivity contribution < 1.29 is 0 Å². The summed E-state index contributed by atoms with van der Waals surface area (Å²) in [6, 6.07) is 12.9. The quantitative estimate of drug-likeness (QED) is 0.580. The molecule has 1 aliphatic heterocycles. The fourth-order valence-corrected chi connectivity index (χ4v) is 6.41. The van der Waals surface area contributed by atoms with Crippen LogP contribution in [0.4, 0.5) is 5.00 Å². The van der Waals surface area contributed by atoms with Gasteiger partial charge in [-0.15, -0.1) is 11.3 Å². The number of fused-ring (bicyclic) bond motifs is 1. The Kier molecular flexibility index (Phi) is 6.32. The van der Waals surface area contributed by atoms with Crippen molar-refractivity contribution >= 4 is 16.3 Å². The van der Waals surface area contributed by atoms with Gasteiger partial charge in [0.05, 0.1) is 5.56 Å². The van der Waals surface area contributed by atoms with Crippen LogP contribution in [-0.2, 0) is 19.4 Å². The summed E-state index contributed by atoms with van der Waals surface area (Å²) in [6.45, 7) is 11.0. The Morgan fingerprint density at radius 2 is 1.97 bits per heavy atom. The zero-order chi connectivity index (χ0) is 21.1. The van der Waals surface area contributed by atoms with E-state index in [4.69, 9.17) is 0 Å². The van der Waals surface area contributed by atoms with Crippen LogP contribution in [0.5, 0.6) is 0 Å². The van der Waals surface area contributed by atoms with E-state index in [1.54, 1.807) is 11.3 Å². The van der Waals surface area contributed by atoms with E-state index in [0.29, 0.717) is 0 Å². The molecule has 4 rings (SSSR count). The molecule has 1 aromatic carbocycles. The maximum atomic E-state index is 9.97. The highest BCUT2D eigenvalue weighted by Gasteiger charge is 2.37. The smallest absolute Gasteiger partial charge is 0.111 e. The number of nitrogens with zero attached hydrogens (tertiary/aromatic N) is 2. The fourth-order valence-electron chi connectivity index (χ4n) is 4.98. The summed E-state index contributed by atoms with van der Waals surface area (Å²) in [7, 11) is 0. The molecule has 0 bridgehead atoms. The van der Waals surface area contributed by atoms with Crippen LogP contribution >= 0.6 is 11.3 Å². The lowest BCUT2D eigenvalue weighted by Gasteiger charge is -2.44. The SMILES string of the molecule is C=C(Cc1ccccc1)Nc1sc2c(c1C#N)CN(CC1CCCCC1)C(C)(C)C2. The minimum absolute atomic E-state index is 0.139. The summed E-state index contributed by atoms with van der Waals surface area (Å²) in [6.07, 6.45) is 8.66. The van der Waals surface area contributed by atoms with Gasteiger partial charge in [0.2, 0.25) is 0 Å². The number of rotatable bonds is 6. The van der Waals surface area contributed by atoms with Gasteiger partial charge in [0.15, 0.2) is 0 Å². The van der Waals surface area contributed by atoms with Gasteiger partial charge in [-0.1, -0.05) is 56.2 Å². The molecule has 2 aliphatic rings. The first-order valence-corrected chi connectivity index (χ1v) is 12.1. The Labute approximate surface area is 185 Å². The molecule has 158 valence electrons. The van der Waals surface area contributed by atoms with Crippen LogP contribution in [-0.4, -0.2) is 17.0 Å². The van der Waals surface area contributed by atoms with Gasteiger partial charge in [0, 0.05) is 47.6 Å². The molecule has 0 unspecified atom stereocenters. The van der Waals surface area contributed by atoms with Crippen molar-refractivity contribution in [2.45, 2.75) is 70.9 Å². The van der Waals surface area contributed by atoms with Crippen LogP contribution in [0.2, 0.25) is 0 Å². The largest absolute Gasteiger partial charge is 0.350 e. The van der Waals surface area contributed by atoms with Gasteiger partial charge >= 0.3 is 0 Å². The average molecular weight is 420 g/mol. The lowest BCUT2D eigenvalue weighted by atomic mass is 9.84. The predicted molar refractivity (Wildman–Crippen MR) is 127 cm³/mol. The summed E-state index contributed by atoms with van der Waals surface area (Å²) in [5.74, 6) is 0.812. The van der Waals surface area contributed by atoms with Crippen molar-refractivity contribution in [3.8, 4) is 6.07 Å². The summed E-state index contributed by atoms with van der Waals surface area (Å²) in [4.78, 5) is 4.01. The van der Waals surface area contributed by atoms with Crippen molar-refractivity contribution in [1.82, 2.24) is 4.90 Å². The zero-order valence-corrected chi connectivity index (χ0v) is 19.2. The highest BCUT2D eigenvalue weighted by atomic mass is 32.1. The maximum absolute atomic E-state index is 9.97. The molecule has 2 aromatic rings. The number of hydrogen-bond donors (Lipinski definition) is 1. The van der Waals surface area contributed by atoms with Crippen molar-refractivity contribution in [2.75, 3.05) is 11.9 Å². The van der Waals surface area contributed by atoms with Crippen LogP contribution < -0.4 is 5.32 Å². The summed E-state index contributed by atoms with van der Waals surface area (Å²) < 4.78 is 0. The van der Waals surface area contributed by atoms with Gasteiger partial charge in [0.1, 0.15) is 11.1 Å². The van der Waals surface area contributed by atoms with Crippen LogP contribution in [0.25, 0.3) is 0 Å². The highest BCUT2D eigenvalue weighted by molar-refractivity contribution is 7.16. The number of allylic oxidation sites excluding steroid dienone is 1. The molecule has 1 saturated carbocycles. The van der Waals surface area contributed by atoms with Crippen LogP contribution in [0.3, 0.4) is 0 Å². The van der Waals surface area contributed by atoms with Gasteiger partial charge in [-0.2, -0.15) is 5.26 Å². The summed E-state index contributed by atoms with van der Waals surface area (Å²) in [5.41, 5.74) is 4.38. The molecule has 30 heavy (non-hydrogen) atoms. The Balaban J connectivity index is 1.51. The summed E-state index contributed by atoms with van der Waals surface area (Å²) in [5, 5.41) is 14.4. The topological polar surface area (TPSA) is 39.1 Å². The second-order valence-corrected chi connectivity index (χ2v) is 10.7. The third-order valence-corrected chi connectivity index (χ3v) is 7.90. The first kappa shape index (κ1) is 21.2. The molecule has 0 saturated heterocycles. The third kappa shape index (κ3) is 4.63. The number of nitriles is 1. The normalized spacial score (nSPS) is 19.1. The van der Waals surface area contributed by atoms with E-state index in [9.17, 15) is 5.26 Å². The van der Waals surface area contributed by atoms with Crippen LogP contribution in [0.1, 0.15) is 67.5 Å². The molecule has 1 aliphatic carbocycles. The molecule has 1 fully saturated rings. The number of hydrogen-bond acceptors (Lipinski definition) is 4. The van der Waals surface area contributed by atoms with E-state index >= 15 is 0 Å². The van der Waals surface area contributed by atoms with Gasteiger partial charge in [-0.05, 0) is 38.2 Å². The van der Waals surface area contributed by atoms with E-state index < -0.39 is 0 Å². The molecule has 0 spiro atoms. The second kappa shape index (κ2) is 8.96. The van der Waals surface area contributed by atoms with Crippen molar-refractivity contribution in [1.29, 1.82) is 5.26 Å². The molecule has 3 nitrogen and oxygen atoms in total. The number of thiophene rings is 1. The first-order chi connectivity index (χ1) is 14.5.